The average molecular weight is 179 g/mol. The van der Waals surface area contributed by atoms with Gasteiger partial charge in [-0.15, -0.1) is 0 Å². The van der Waals surface area contributed by atoms with Gasteiger partial charge in [0, 0.05) is 0 Å². The third-order valence-corrected chi connectivity index (χ3v) is 1.57. The first-order valence-corrected chi connectivity index (χ1v) is 3.91. The fraction of sp³-hybridized carbons (Fsp3) is 0.200. The van der Waals surface area contributed by atoms with Crippen LogP contribution < -0.4 is 0 Å². The second-order valence-electron chi connectivity index (χ2n) is 2.62. The van der Waals surface area contributed by atoms with Gasteiger partial charge in [0.25, 0.3) is 0 Å². The summed E-state index contributed by atoms with van der Waals surface area (Å²) in [5, 5.41) is 8.47. The molecule has 3 heteroatoms. The molecule has 0 amide bonds. The Morgan fingerprint density at radius 3 is 2.62 bits per heavy atom. The van der Waals surface area contributed by atoms with Crippen LogP contribution >= 0.6 is 0 Å². The first kappa shape index (κ1) is 9.74. The Morgan fingerprint density at radius 2 is 2.08 bits per heavy atom. The van der Waals surface area contributed by atoms with E-state index in [4.69, 9.17) is 9.84 Å². The minimum atomic E-state index is -1.05. The summed E-state index contributed by atoms with van der Waals surface area (Å²) in [5.74, 6) is -1.05. The molecule has 1 atom stereocenters. The van der Waals surface area contributed by atoms with E-state index in [0.29, 0.717) is 0 Å². The van der Waals surface area contributed by atoms with Crippen molar-refractivity contribution < 1.29 is 14.6 Å². The lowest BCUT2D eigenvalue weighted by Gasteiger charge is -2.07. The Labute approximate surface area is 77.0 Å². The summed E-state index contributed by atoms with van der Waals surface area (Å²) < 4.78 is 4.98. The van der Waals surface area contributed by atoms with Crippen molar-refractivity contribution in [1.29, 1.82) is 0 Å². The third kappa shape index (κ3) is 3.25. The van der Waals surface area contributed by atoms with Gasteiger partial charge in [0.15, 0.2) is 6.10 Å². The Kier molecular flexibility index (Phi) is 3.46. The maximum atomic E-state index is 10.3. The van der Waals surface area contributed by atoms with Crippen LogP contribution in [0.4, 0.5) is 0 Å². The molecule has 0 saturated heterocycles. The molecule has 1 aromatic carbocycles. The Bertz CT molecular complexity index is 269. The molecule has 1 N–H and O–H groups in total. The van der Waals surface area contributed by atoms with E-state index in [1.807, 2.05) is 30.3 Å². The molecule has 0 aliphatic carbocycles. The van der Waals surface area contributed by atoms with Crippen molar-refractivity contribution in [3.05, 3.63) is 42.8 Å². The van der Waals surface area contributed by atoms with Gasteiger partial charge in [0.2, 0.25) is 0 Å². The molecule has 0 spiro atoms. The smallest absolute Gasteiger partial charge is 0.332 e. The van der Waals surface area contributed by atoms with Crippen LogP contribution in [0.3, 0.4) is 0 Å². The Balaban J connectivity index is 2.39. The highest BCUT2D eigenvalue weighted by atomic mass is 16.5. The number of rotatable bonds is 4. The normalized spacial score (nSPS) is 12.4. The predicted molar refractivity (Wildman–Crippen MR) is 48.0 cm³/mol. The van der Waals surface area contributed by atoms with Crippen molar-refractivity contribution >= 4 is 5.97 Å². The predicted octanol–water partition coefficient (Wildman–Crippen LogP) is 1.49. The lowest BCUT2D eigenvalue weighted by atomic mass is 10.2. The molecule has 0 saturated carbocycles. The van der Waals surface area contributed by atoms with Gasteiger partial charge in [-0.05, 0) is 12.5 Å². The monoisotopic (exact) mass is 179 g/mol. The summed E-state index contributed by atoms with van der Waals surface area (Å²) in [6.07, 6.45) is -1.000. The molecule has 1 aromatic rings. The van der Waals surface area contributed by atoms with Crippen LogP contribution in [0.15, 0.2) is 30.3 Å². The summed E-state index contributed by atoms with van der Waals surface area (Å²) in [7, 11) is 0. The quantitative estimate of drug-likeness (QED) is 0.761. The van der Waals surface area contributed by atoms with Crippen LogP contribution in [0.1, 0.15) is 5.56 Å². The molecule has 1 radical (unpaired) electrons. The SMILES string of the molecule is [CH2][C@@H](OCc1ccccc1)C(=O)O. The molecule has 0 aromatic heterocycles. The van der Waals surface area contributed by atoms with Crippen LogP contribution in [0.5, 0.6) is 0 Å². The van der Waals surface area contributed by atoms with Gasteiger partial charge in [-0.2, -0.15) is 0 Å². The van der Waals surface area contributed by atoms with Crippen molar-refractivity contribution in [2.45, 2.75) is 12.7 Å². The molecular weight excluding hydrogens is 168 g/mol. The molecule has 0 bridgehead atoms. The van der Waals surface area contributed by atoms with Gasteiger partial charge in [0.05, 0.1) is 6.61 Å². The summed E-state index contributed by atoms with van der Waals surface area (Å²) >= 11 is 0. The highest BCUT2D eigenvalue weighted by Crippen LogP contribution is 2.02. The van der Waals surface area contributed by atoms with Gasteiger partial charge in [-0.3, -0.25) is 0 Å². The molecule has 1 rings (SSSR count). The number of hydrogen-bond acceptors (Lipinski definition) is 2. The topological polar surface area (TPSA) is 46.5 Å². The van der Waals surface area contributed by atoms with E-state index < -0.39 is 12.1 Å². The molecule has 0 unspecified atom stereocenters. The van der Waals surface area contributed by atoms with Crippen molar-refractivity contribution in [3.63, 3.8) is 0 Å². The molecule has 69 valence electrons. The summed E-state index contributed by atoms with van der Waals surface area (Å²) in [4.78, 5) is 10.3. The van der Waals surface area contributed by atoms with Crippen LogP contribution in [-0.2, 0) is 16.1 Å². The minimum Gasteiger partial charge on any atom is -0.479 e. The number of carboxylic acid groups (broad SMARTS) is 1. The van der Waals surface area contributed by atoms with Crippen LogP contribution in [0.2, 0.25) is 0 Å². The number of benzene rings is 1. The maximum Gasteiger partial charge on any atom is 0.332 e. The number of ether oxygens (including phenoxy) is 1. The number of carbonyl (C=O) groups is 1. The van der Waals surface area contributed by atoms with Crippen molar-refractivity contribution in [1.82, 2.24) is 0 Å². The first-order chi connectivity index (χ1) is 6.20. The zero-order valence-corrected chi connectivity index (χ0v) is 7.14. The zero-order chi connectivity index (χ0) is 9.68. The summed E-state index contributed by atoms with van der Waals surface area (Å²) in [6.45, 7) is 3.61. The van der Waals surface area contributed by atoms with Crippen LogP contribution in [0.25, 0.3) is 0 Å². The Hall–Kier alpha value is -1.35. The molecule has 0 heterocycles. The van der Waals surface area contributed by atoms with Gasteiger partial charge < -0.3 is 9.84 Å². The highest BCUT2D eigenvalue weighted by molar-refractivity contribution is 5.72. The third-order valence-electron chi connectivity index (χ3n) is 1.57. The number of aliphatic carboxylic acids is 1. The second kappa shape index (κ2) is 4.62. The minimum absolute atomic E-state index is 0.279. The van der Waals surface area contributed by atoms with Crippen LogP contribution in [-0.4, -0.2) is 17.2 Å². The van der Waals surface area contributed by atoms with E-state index in [2.05, 4.69) is 6.92 Å². The fourth-order valence-electron chi connectivity index (χ4n) is 0.842. The first-order valence-electron chi connectivity index (χ1n) is 3.91. The van der Waals surface area contributed by atoms with E-state index >= 15 is 0 Å². The number of hydrogen-bond donors (Lipinski definition) is 1. The molecular formula is C10H11O3. The second-order valence-corrected chi connectivity index (χ2v) is 2.62. The van der Waals surface area contributed by atoms with E-state index in [-0.39, 0.29) is 6.61 Å². The molecule has 13 heavy (non-hydrogen) atoms. The zero-order valence-electron chi connectivity index (χ0n) is 7.14. The van der Waals surface area contributed by atoms with Gasteiger partial charge in [-0.1, -0.05) is 30.3 Å². The molecule has 0 aliphatic heterocycles. The largest absolute Gasteiger partial charge is 0.479 e. The lowest BCUT2D eigenvalue weighted by Crippen LogP contribution is -2.19. The maximum absolute atomic E-state index is 10.3. The standard InChI is InChI=1S/C10H11O3/c1-8(10(11)12)13-7-9-5-3-2-4-6-9/h2-6,8H,1,7H2,(H,11,12)/t8-/m1/s1. The van der Waals surface area contributed by atoms with Gasteiger partial charge >= 0.3 is 5.97 Å². The lowest BCUT2D eigenvalue weighted by molar-refractivity contribution is -0.148. The summed E-state index contributed by atoms with van der Waals surface area (Å²) in [6, 6.07) is 9.38. The van der Waals surface area contributed by atoms with E-state index in [1.54, 1.807) is 0 Å². The Morgan fingerprint density at radius 1 is 1.46 bits per heavy atom. The van der Waals surface area contributed by atoms with Crippen LogP contribution in [0, 0.1) is 6.92 Å². The van der Waals surface area contributed by atoms with Crippen molar-refractivity contribution in [3.8, 4) is 0 Å². The van der Waals surface area contributed by atoms with Gasteiger partial charge in [-0.25, -0.2) is 4.79 Å². The van der Waals surface area contributed by atoms with E-state index in [9.17, 15) is 4.79 Å². The molecule has 0 fully saturated rings. The van der Waals surface area contributed by atoms with Gasteiger partial charge in [0.1, 0.15) is 0 Å². The van der Waals surface area contributed by atoms with E-state index in [0.717, 1.165) is 5.56 Å². The van der Waals surface area contributed by atoms with Crippen molar-refractivity contribution in [2.75, 3.05) is 0 Å². The summed E-state index contributed by atoms with van der Waals surface area (Å²) in [5.41, 5.74) is 0.942. The average Bonchev–Trinajstić information content (AvgIpc) is 2.15. The van der Waals surface area contributed by atoms with E-state index in [1.165, 1.54) is 0 Å². The molecule has 3 nitrogen and oxygen atoms in total. The van der Waals surface area contributed by atoms with Crippen molar-refractivity contribution in [2.24, 2.45) is 0 Å². The highest BCUT2D eigenvalue weighted by Gasteiger charge is 2.10. The molecule has 0 aliphatic rings. The fourth-order valence-corrected chi connectivity index (χ4v) is 0.842. The number of carboxylic acids is 1.